The molecule has 6 N–H and O–H groups in total. The third kappa shape index (κ3) is 3.41. The number of carbonyl (C=O) groups is 2. The van der Waals surface area contributed by atoms with Crippen molar-refractivity contribution in [1.29, 1.82) is 0 Å². The van der Waals surface area contributed by atoms with E-state index in [1.165, 1.54) is 9.58 Å². The molecule has 8 nitrogen and oxygen atoms in total. The number of thiocarbonyl (C=S) groups is 1. The molecule has 0 fully saturated rings. The summed E-state index contributed by atoms with van der Waals surface area (Å²) in [7, 11) is 1.65. The summed E-state index contributed by atoms with van der Waals surface area (Å²) in [5, 5.41) is 4.17. The van der Waals surface area contributed by atoms with E-state index in [0.717, 1.165) is 0 Å². The molecule has 1 aromatic rings. The van der Waals surface area contributed by atoms with Crippen LogP contribution in [0.4, 0.5) is 5.82 Å². The van der Waals surface area contributed by atoms with Gasteiger partial charge in [-0.2, -0.15) is 5.10 Å². The molecular weight excluding hydrogens is 268 g/mol. The van der Waals surface area contributed by atoms with Crippen LogP contribution < -0.4 is 22.1 Å². The second-order valence-electron chi connectivity index (χ2n) is 4.06. The minimum atomic E-state index is -0.603. The highest BCUT2D eigenvalue weighted by Crippen LogP contribution is 2.22. The largest absolute Gasteiger partial charge is 0.389 e. The average molecular weight is 284 g/mol. The highest BCUT2D eigenvalue weighted by atomic mass is 32.1. The fraction of sp³-hybridized carbons (Fsp3) is 0.400. The molecule has 2 amide bonds. The fourth-order valence-corrected chi connectivity index (χ4v) is 2.12. The Labute approximate surface area is 115 Å². The molecule has 0 radical (unpaired) electrons. The predicted octanol–water partition coefficient (Wildman–Crippen LogP) is -1.86. The molecule has 0 aromatic carbocycles. The number of carbonyl (C=O) groups excluding carboxylic acids is 2. The fourth-order valence-electron chi connectivity index (χ4n) is 1.88. The maximum Gasteiger partial charge on any atom is 0.237 e. The van der Waals surface area contributed by atoms with E-state index in [1.807, 2.05) is 0 Å². The molecule has 0 saturated carbocycles. The molecular formula is C10H16N6O2S. The zero-order chi connectivity index (χ0) is 14.7. The lowest BCUT2D eigenvalue weighted by Crippen LogP contribution is -2.41. The van der Waals surface area contributed by atoms with Gasteiger partial charge in [0.25, 0.3) is 0 Å². The Balaban J connectivity index is 3.32. The van der Waals surface area contributed by atoms with Crippen molar-refractivity contribution in [3.8, 4) is 0 Å². The van der Waals surface area contributed by atoms with Gasteiger partial charge in [0, 0.05) is 7.05 Å². The van der Waals surface area contributed by atoms with Gasteiger partial charge in [-0.25, -0.2) is 0 Å². The molecule has 1 rings (SSSR count). The van der Waals surface area contributed by atoms with Crippen molar-refractivity contribution in [2.24, 2.45) is 24.2 Å². The van der Waals surface area contributed by atoms with Crippen molar-refractivity contribution in [3.05, 3.63) is 11.3 Å². The number of rotatable bonds is 6. The summed E-state index contributed by atoms with van der Waals surface area (Å²) in [4.78, 5) is 23.7. The molecule has 104 valence electrons. The van der Waals surface area contributed by atoms with Crippen LogP contribution in [0.3, 0.4) is 0 Å². The SMILES string of the molecule is Cc1nn(C)c(N(CC(N)=O)CC(N)=O)c1C(N)=S. The van der Waals surface area contributed by atoms with Gasteiger partial charge in [0.1, 0.15) is 10.8 Å². The van der Waals surface area contributed by atoms with Crippen molar-refractivity contribution in [1.82, 2.24) is 9.78 Å². The second-order valence-corrected chi connectivity index (χ2v) is 4.50. The molecule has 0 saturated heterocycles. The Morgan fingerprint density at radius 2 is 1.74 bits per heavy atom. The van der Waals surface area contributed by atoms with E-state index >= 15 is 0 Å². The Bertz CT molecular complexity index is 522. The zero-order valence-electron chi connectivity index (χ0n) is 10.7. The number of aromatic nitrogens is 2. The van der Waals surface area contributed by atoms with Crippen molar-refractivity contribution >= 4 is 34.8 Å². The number of hydrogen-bond donors (Lipinski definition) is 3. The molecule has 0 atom stereocenters. The van der Waals surface area contributed by atoms with Crippen LogP contribution in [0, 0.1) is 6.92 Å². The third-order valence-corrected chi connectivity index (χ3v) is 2.64. The first-order valence-corrected chi connectivity index (χ1v) is 5.79. The van der Waals surface area contributed by atoms with Crippen molar-refractivity contribution in [2.45, 2.75) is 6.92 Å². The van der Waals surface area contributed by atoms with Gasteiger partial charge in [-0.1, -0.05) is 12.2 Å². The Hall–Kier alpha value is -2.16. The first-order chi connectivity index (χ1) is 8.73. The molecule has 1 heterocycles. The van der Waals surface area contributed by atoms with E-state index in [-0.39, 0.29) is 18.1 Å². The first-order valence-electron chi connectivity index (χ1n) is 5.39. The van der Waals surface area contributed by atoms with E-state index in [2.05, 4.69) is 5.10 Å². The van der Waals surface area contributed by atoms with Crippen LogP contribution in [0.1, 0.15) is 11.3 Å². The third-order valence-electron chi connectivity index (χ3n) is 2.43. The number of nitrogens with zero attached hydrogens (tertiary/aromatic N) is 3. The molecule has 9 heteroatoms. The highest BCUT2D eigenvalue weighted by molar-refractivity contribution is 7.80. The van der Waals surface area contributed by atoms with Crippen molar-refractivity contribution < 1.29 is 9.59 Å². The summed E-state index contributed by atoms with van der Waals surface area (Å²) in [5.41, 5.74) is 17.1. The second kappa shape index (κ2) is 5.65. The summed E-state index contributed by atoms with van der Waals surface area (Å²) in [6.45, 7) is 1.36. The quantitative estimate of drug-likeness (QED) is 0.525. The highest BCUT2D eigenvalue weighted by Gasteiger charge is 2.23. The van der Waals surface area contributed by atoms with Gasteiger partial charge in [-0.3, -0.25) is 14.3 Å². The van der Waals surface area contributed by atoms with E-state index in [1.54, 1.807) is 14.0 Å². The van der Waals surface area contributed by atoms with Crippen LogP contribution >= 0.6 is 12.2 Å². The van der Waals surface area contributed by atoms with E-state index in [4.69, 9.17) is 29.4 Å². The lowest BCUT2D eigenvalue weighted by molar-refractivity contribution is -0.117. The summed E-state index contributed by atoms with van der Waals surface area (Å²) in [6, 6.07) is 0. The van der Waals surface area contributed by atoms with Crippen LogP contribution in [0.25, 0.3) is 0 Å². The Kier molecular flexibility index (Phi) is 4.43. The Morgan fingerprint density at radius 3 is 2.11 bits per heavy atom. The van der Waals surface area contributed by atoms with Gasteiger partial charge in [0.15, 0.2) is 0 Å². The number of primary amides is 2. The zero-order valence-corrected chi connectivity index (χ0v) is 11.5. The van der Waals surface area contributed by atoms with Gasteiger partial charge < -0.3 is 22.1 Å². The van der Waals surface area contributed by atoms with Gasteiger partial charge in [-0.05, 0) is 6.92 Å². The van der Waals surface area contributed by atoms with Crippen LogP contribution in [0.2, 0.25) is 0 Å². The summed E-state index contributed by atoms with van der Waals surface area (Å²) in [6.07, 6.45) is 0. The molecule has 0 aliphatic carbocycles. The standard InChI is InChI=1S/C10H16N6O2S/c1-5-8(9(13)19)10(15(2)14-5)16(3-6(11)17)4-7(12)18/h3-4H2,1-2H3,(H2,11,17)(H2,12,18)(H2,13,19). The smallest absolute Gasteiger partial charge is 0.237 e. The molecule has 19 heavy (non-hydrogen) atoms. The van der Waals surface area contributed by atoms with Gasteiger partial charge >= 0.3 is 0 Å². The van der Waals surface area contributed by atoms with E-state index in [9.17, 15) is 9.59 Å². The predicted molar refractivity (Wildman–Crippen MR) is 74.4 cm³/mol. The molecule has 0 unspecified atom stereocenters. The average Bonchev–Trinajstić information content (AvgIpc) is 2.50. The number of nitrogens with two attached hydrogens (primary N) is 3. The van der Waals surface area contributed by atoms with Crippen molar-refractivity contribution in [3.63, 3.8) is 0 Å². The van der Waals surface area contributed by atoms with Crippen LogP contribution in [0.5, 0.6) is 0 Å². The molecule has 0 aliphatic heterocycles. The molecule has 0 spiro atoms. The summed E-state index contributed by atoms with van der Waals surface area (Å²) < 4.78 is 1.48. The molecule has 1 aromatic heterocycles. The lowest BCUT2D eigenvalue weighted by Gasteiger charge is -2.22. The maximum absolute atomic E-state index is 11.1. The van der Waals surface area contributed by atoms with Crippen LogP contribution in [-0.4, -0.2) is 39.7 Å². The summed E-state index contributed by atoms with van der Waals surface area (Å²) in [5.74, 6) is -0.759. The number of aryl methyl sites for hydroxylation is 2. The first kappa shape index (κ1) is 14.9. The maximum atomic E-state index is 11.1. The lowest BCUT2D eigenvalue weighted by atomic mass is 10.2. The number of hydrogen-bond acceptors (Lipinski definition) is 5. The van der Waals surface area contributed by atoms with E-state index in [0.29, 0.717) is 17.1 Å². The van der Waals surface area contributed by atoms with Gasteiger partial charge in [0.05, 0.1) is 24.3 Å². The van der Waals surface area contributed by atoms with Crippen LogP contribution in [-0.2, 0) is 16.6 Å². The topological polar surface area (TPSA) is 133 Å². The normalized spacial score (nSPS) is 10.2. The molecule has 0 bridgehead atoms. The number of anilines is 1. The van der Waals surface area contributed by atoms with Gasteiger partial charge in [0.2, 0.25) is 11.8 Å². The summed E-state index contributed by atoms with van der Waals surface area (Å²) >= 11 is 4.96. The number of amides is 2. The van der Waals surface area contributed by atoms with E-state index < -0.39 is 11.8 Å². The van der Waals surface area contributed by atoms with Crippen LogP contribution in [0.15, 0.2) is 0 Å². The molecule has 0 aliphatic rings. The Morgan fingerprint density at radius 1 is 1.26 bits per heavy atom. The minimum Gasteiger partial charge on any atom is -0.389 e. The van der Waals surface area contributed by atoms with Crippen molar-refractivity contribution in [2.75, 3.05) is 18.0 Å². The van der Waals surface area contributed by atoms with Gasteiger partial charge in [-0.15, -0.1) is 0 Å². The minimum absolute atomic E-state index is 0.125. The monoisotopic (exact) mass is 284 g/mol.